The molecule has 1 aromatic carbocycles. The zero-order valence-electron chi connectivity index (χ0n) is 18.1. The third-order valence-corrected chi connectivity index (χ3v) is 6.08. The summed E-state index contributed by atoms with van der Waals surface area (Å²) in [5, 5.41) is 17.8. The summed E-state index contributed by atoms with van der Waals surface area (Å²) in [7, 11) is 0. The molecule has 5 nitrogen and oxygen atoms in total. The van der Waals surface area contributed by atoms with Crippen molar-refractivity contribution in [2.45, 2.75) is 65.1 Å². The smallest absolute Gasteiger partial charge is 0.217 e. The number of halogens is 2. The molecule has 1 amide bonds. The number of nitrogens with one attached hydrogen (secondary N) is 2. The number of carbonyl (C=O) groups excluding carboxylic acids is 1. The van der Waals surface area contributed by atoms with Crippen LogP contribution < -0.4 is 10.6 Å². The molecule has 8 heteroatoms. The van der Waals surface area contributed by atoms with Crippen LogP contribution in [0, 0.1) is 17.6 Å². The lowest BCUT2D eigenvalue weighted by Crippen LogP contribution is -2.50. The predicted octanol–water partition coefficient (Wildman–Crippen LogP) is 3.55. The fourth-order valence-electron chi connectivity index (χ4n) is 3.16. The van der Waals surface area contributed by atoms with Gasteiger partial charge in [0.05, 0.1) is 17.2 Å². The van der Waals surface area contributed by atoms with Crippen molar-refractivity contribution >= 4 is 17.2 Å². The van der Waals surface area contributed by atoms with Gasteiger partial charge in [0.25, 0.3) is 0 Å². The van der Waals surface area contributed by atoms with Crippen molar-refractivity contribution in [3.8, 4) is 0 Å². The molecule has 0 fully saturated rings. The number of aromatic nitrogens is 1. The second-order valence-corrected chi connectivity index (χ2v) is 9.69. The molecule has 0 saturated carbocycles. The van der Waals surface area contributed by atoms with Crippen LogP contribution in [-0.4, -0.2) is 34.7 Å². The Hall–Kier alpha value is -1.90. The number of rotatable bonds is 10. The van der Waals surface area contributed by atoms with E-state index in [1.165, 1.54) is 19.1 Å². The molecular weight excluding hydrogens is 408 g/mol. The summed E-state index contributed by atoms with van der Waals surface area (Å²) in [4.78, 5) is 17.1. The number of nitrogens with zero attached hydrogens (tertiary/aromatic N) is 1. The monoisotopic (exact) mass is 439 g/mol. The van der Waals surface area contributed by atoms with E-state index >= 15 is 0 Å². The average Bonchev–Trinajstić information content (AvgIpc) is 3.06. The Labute approximate surface area is 180 Å². The topological polar surface area (TPSA) is 74.2 Å². The number of carbonyl (C=O) groups is 1. The molecule has 0 unspecified atom stereocenters. The molecule has 2 rings (SSSR count). The number of amides is 1. The molecule has 0 saturated heterocycles. The Kier molecular flexibility index (Phi) is 8.46. The zero-order chi connectivity index (χ0) is 22.5. The van der Waals surface area contributed by atoms with Gasteiger partial charge in [-0.3, -0.25) is 4.79 Å². The SMILES string of the molecule is CC(=O)N[C@@H](Cc1cc(F)cc(F)c1)[C@H](O)CNC(C)(C)c1cnc(CC(C)C)s1. The van der Waals surface area contributed by atoms with Gasteiger partial charge in [-0.25, -0.2) is 13.8 Å². The first-order valence-corrected chi connectivity index (χ1v) is 10.9. The minimum atomic E-state index is -0.956. The van der Waals surface area contributed by atoms with Gasteiger partial charge in [-0.15, -0.1) is 11.3 Å². The Bertz CT molecular complexity index is 834. The van der Waals surface area contributed by atoms with Crippen LogP contribution in [0.5, 0.6) is 0 Å². The summed E-state index contributed by atoms with van der Waals surface area (Å²) in [5.41, 5.74) is -0.0649. The number of aliphatic hydroxyl groups excluding tert-OH is 1. The van der Waals surface area contributed by atoms with Crippen LogP contribution in [-0.2, 0) is 23.2 Å². The first-order valence-electron chi connectivity index (χ1n) is 10.1. The van der Waals surface area contributed by atoms with Gasteiger partial charge in [0.2, 0.25) is 5.91 Å². The average molecular weight is 440 g/mol. The highest BCUT2D eigenvalue weighted by atomic mass is 32.1. The molecule has 1 heterocycles. The van der Waals surface area contributed by atoms with Gasteiger partial charge in [-0.05, 0) is 43.9 Å². The standard InChI is InChI=1S/C22H31F2N3O2S/c1-13(2)6-21-25-12-20(30-21)22(4,5)26-11-19(29)18(27-14(3)28)9-15-7-16(23)10-17(24)8-15/h7-8,10,12-13,18-19,26,29H,6,9,11H2,1-5H3,(H,27,28)/t18-,19+/m0/s1. The summed E-state index contributed by atoms with van der Waals surface area (Å²) in [6.45, 7) is 9.83. The van der Waals surface area contributed by atoms with Crippen molar-refractivity contribution in [2.75, 3.05) is 6.54 Å². The largest absolute Gasteiger partial charge is 0.390 e. The van der Waals surface area contributed by atoms with Crippen molar-refractivity contribution in [2.24, 2.45) is 5.92 Å². The maximum Gasteiger partial charge on any atom is 0.217 e. The summed E-state index contributed by atoms with van der Waals surface area (Å²) >= 11 is 1.64. The van der Waals surface area contributed by atoms with Crippen LogP contribution in [0.3, 0.4) is 0 Å². The minimum Gasteiger partial charge on any atom is -0.390 e. The van der Waals surface area contributed by atoms with Crippen molar-refractivity contribution in [3.05, 3.63) is 51.5 Å². The maximum absolute atomic E-state index is 13.5. The highest BCUT2D eigenvalue weighted by molar-refractivity contribution is 7.11. The van der Waals surface area contributed by atoms with Crippen molar-refractivity contribution in [3.63, 3.8) is 0 Å². The summed E-state index contributed by atoms with van der Waals surface area (Å²) in [6.07, 6.45) is 1.92. The van der Waals surface area contributed by atoms with E-state index in [-0.39, 0.29) is 18.9 Å². The van der Waals surface area contributed by atoms with E-state index in [0.29, 0.717) is 11.5 Å². The third-order valence-electron chi connectivity index (χ3n) is 4.74. The Morgan fingerprint density at radius 2 is 1.83 bits per heavy atom. The highest BCUT2D eigenvalue weighted by Crippen LogP contribution is 2.27. The first-order chi connectivity index (χ1) is 14.0. The van der Waals surface area contributed by atoms with E-state index in [2.05, 4.69) is 29.5 Å². The molecular formula is C22H31F2N3O2S. The molecule has 1 aromatic heterocycles. The minimum absolute atomic E-state index is 0.108. The van der Waals surface area contributed by atoms with Crippen molar-refractivity contribution in [1.29, 1.82) is 0 Å². The molecule has 2 aromatic rings. The van der Waals surface area contributed by atoms with Gasteiger partial charge in [-0.2, -0.15) is 0 Å². The second-order valence-electron chi connectivity index (χ2n) is 8.58. The zero-order valence-corrected chi connectivity index (χ0v) is 18.9. The number of benzene rings is 1. The molecule has 166 valence electrons. The normalized spacial score (nSPS) is 14.0. The van der Waals surface area contributed by atoms with E-state index in [4.69, 9.17) is 0 Å². The molecule has 0 aliphatic carbocycles. The Morgan fingerprint density at radius 3 is 2.40 bits per heavy atom. The van der Waals surface area contributed by atoms with Crippen LogP contribution in [0.1, 0.15) is 50.1 Å². The molecule has 3 N–H and O–H groups in total. The molecule has 0 bridgehead atoms. The van der Waals surface area contributed by atoms with Gasteiger partial charge in [0, 0.05) is 42.6 Å². The summed E-state index contributed by atoms with van der Waals surface area (Å²) < 4.78 is 27.0. The van der Waals surface area contributed by atoms with Crippen LogP contribution in [0.15, 0.2) is 24.4 Å². The third kappa shape index (κ3) is 7.41. The lowest BCUT2D eigenvalue weighted by Gasteiger charge is -2.30. The highest BCUT2D eigenvalue weighted by Gasteiger charge is 2.27. The summed E-state index contributed by atoms with van der Waals surface area (Å²) in [6, 6.07) is 2.51. The Balaban J connectivity index is 2.06. The predicted molar refractivity (Wildman–Crippen MR) is 115 cm³/mol. The summed E-state index contributed by atoms with van der Waals surface area (Å²) in [5.74, 6) is -1.19. The maximum atomic E-state index is 13.5. The molecule has 0 aliphatic rings. The second kappa shape index (κ2) is 10.4. The number of hydrogen-bond donors (Lipinski definition) is 3. The molecule has 30 heavy (non-hydrogen) atoms. The lowest BCUT2D eigenvalue weighted by atomic mass is 9.98. The van der Waals surface area contributed by atoms with E-state index in [0.717, 1.165) is 22.4 Å². The fourth-order valence-corrected chi connectivity index (χ4v) is 4.37. The molecule has 2 atom stereocenters. The van der Waals surface area contributed by atoms with Gasteiger partial charge in [-0.1, -0.05) is 13.8 Å². The Morgan fingerprint density at radius 1 is 1.20 bits per heavy atom. The van der Waals surface area contributed by atoms with Crippen LogP contribution in [0.4, 0.5) is 8.78 Å². The van der Waals surface area contributed by atoms with E-state index < -0.39 is 29.3 Å². The van der Waals surface area contributed by atoms with Gasteiger partial charge in [0.15, 0.2) is 0 Å². The van der Waals surface area contributed by atoms with Crippen molar-refractivity contribution in [1.82, 2.24) is 15.6 Å². The van der Waals surface area contributed by atoms with E-state index in [9.17, 15) is 18.7 Å². The van der Waals surface area contributed by atoms with Crippen LogP contribution >= 0.6 is 11.3 Å². The van der Waals surface area contributed by atoms with E-state index in [1.807, 2.05) is 20.0 Å². The van der Waals surface area contributed by atoms with Gasteiger partial charge < -0.3 is 15.7 Å². The quantitative estimate of drug-likeness (QED) is 0.529. The van der Waals surface area contributed by atoms with Crippen LogP contribution in [0.25, 0.3) is 0 Å². The number of thiazole rings is 1. The number of hydrogen-bond acceptors (Lipinski definition) is 5. The number of aliphatic hydroxyl groups is 1. The fraction of sp³-hybridized carbons (Fsp3) is 0.545. The van der Waals surface area contributed by atoms with E-state index in [1.54, 1.807) is 11.3 Å². The van der Waals surface area contributed by atoms with Gasteiger partial charge in [0.1, 0.15) is 11.6 Å². The molecule has 0 spiro atoms. The molecule has 0 aliphatic heterocycles. The first kappa shape index (κ1) is 24.4. The lowest BCUT2D eigenvalue weighted by molar-refractivity contribution is -0.120. The van der Waals surface area contributed by atoms with Crippen molar-refractivity contribution < 1.29 is 18.7 Å². The molecule has 0 radical (unpaired) electrons. The van der Waals surface area contributed by atoms with Crippen LogP contribution in [0.2, 0.25) is 0 Å². The van der Waals surface area contributed by atoms with Gasteiger partial charge >= 0.3 is 0 Å².